The quantitative estimate of drug-likeness (QED) is 0.760. The van der Waals surface area contributed by atoms with Gasteiger partial charge in [0, 0.05) is 26.6 Å². The lowest BCUT2D eigenvalue weighted by atomic mass is 10.1. The van der Waals surface area contributed by atoms with Gasteiger partial charge < -0.3 is 23.3 Å². The Hall–Kier alpha value is -2.19. The number of likely N-dealkylation sites (tertiary alicyclic amines) is 1. The maximum Gasteiger partial charge on any atom is 0.289 e. The van der Waals surface area contributed by atoms with Gasteiger partial charge in [-0.05, 0) is 25.0 Å². The van der Waals surface area contributed by atoms with Gasteiger partial charge in [0.1, 0.15) is 6.61 Å². The molecule has 1 fully saturated rings. The van der Waals surface area contributed by atoms with E-state index >= 15 is 0 Å². The number of carbonyl (C=O) groups excluding carboxylic acids is 1. The fourth-order valence-corrected chi connectivity index (χ4v) is 2.61. The summed E-state index contributed by atoms with van der Waals surface area (Å²) in [6.07, 6.45) is 3.76. The van der Waals surface area contributed by atoms with E-state index in [1.54, 1.807) is 24.1 Å². The Labute approximate surface area is 139 Å². The summed E-state index contributed by atoms with van der Waals surface area (Å²) in [4.78, 5) is 18.2. The zero-order chi connectivity index (χ0) is 16.8. The SMILES string of the molecule is COCCc1noc(COC2CCN(C(=O)c3ccco3)CC2)n1. The number of aromatic nitrogens is 2. The van der Waals surface area contributed by atoms with E-state index in [1.165, 1.54) is 6.26 Å². The van der Waals surface area contributed by atoms with Crippen LogP contribution in [0.3, 0.4) is 0 Å². The molecule has 0 atom stereocenters. The summed E-state index contributed by atoms with van der Waals surface area (Å²) in [6, 6.07) is 3.40. The summed E-state index contributed by atoms with van der Waals surface area (Å²) in [5, 5.41) is 3.87. The normalized spacial score (nSPS) is 15.8. The van der Waals surface area contributed by atoms with Gasteiger partial charge in [0.15, 0.2) is 11.6 Å². The minimum Gasteiger partial charge on any atom is -0.459 e. The molecular formula is C16H21N3O5. The van der Waals surface area contributed by atoms with E-state index in [0.717, 1.165) is 12.8 Å². The molecule has 0 unspecified atom stereocenters. The molecule has 130 valence electrons. The van der Waals surface area contributed by atoms with Gasteiger partial charge in [-0.2, -0.15) is 4.98 Å². The fourth-order valence-electron chi connectivity index (χ4n) is 2.61. The second kappa shape index (κ2) is 8.07. The van der Waals surface area contributed by atoms with Crippen molar-refractivity contribution in [2.24, 2.45) is 0 Å². The van der Waals surface area contributed by atoms with Crippen LogP contribution in [0.2, 0.25) is 0 Å². The molecule has 0 spiro atoms. The number of amides is 1. The molecule has 0 N–H and O–H groups in total. The van der Waals surface area contributed by atoms with Gasteiger partial charge >= 0.3 is 0 Å². The Balaban J connectivity index is 1.41. The number of carbonyl (C=O) groups is 1. The Kier molecular flexibility index (Phi) is 5.60. The van der Waals surface area contributed by atoms with Crippen LogP contribution >= 0.6 is 0 Å². The van der Waals surface area contributed by atoms with Crippen molar-refractivity contribution in [1.82, 2.24) is 15.0 Å². The predicted octanol–water partition coefficient (Wildman–Crippen LogP) is 1.67. The van der Waals surface area contributed by atoms with Crippen molar-refractivity contribution in [3.05, 3.63) is 35.9 Å². The van der Waals surface area contributed by atoms with Crippen molar-refractivity contribution in [1.29, 1.82) is 0 Å². The molecule has 0 radical (unpaired) electrons. The summed E-state index contributed by atoms with van der Waals surface area (Å²) >= 11 is 0. The van der Waals surface area contributed by atoms with Gasteiger partial charge in [-0.15, -0.1) is 0 Å². The van der Waals surface area contributed by atoms with E-state index in [4.69, 9.17) is 18.4 Å². The molecule has 1 saturated heterocycles. The minimum absolute atomic E-state index is 0.0712. The molecule has 0 aliphatic carbocycles. The van der Waals surface area contributed by atoms with Crippen LogP contribution in [0.15, 0.2) is 27.3 Å². The van der Waals surface area contributed by atoms with E-state index < -0.39 is 0 Å². The van der Waals surface area contributed by atoms with Crippen LogP contribution in [0.1, 0.15) is 35.1 Å². The minimum atomic E-state index is -0.0712. The lowest BCUT2D eigenvalue weighted by molar-refractivity contribution is -0.0103. The molecule has 2 aromatic rings. The molecule has 8 nitrogen and oxygen atoms in total. The van der Waals surface area contributed by atoms with E-state index in [-0.39, 0.29) is 18.6 Å². The lowest BCUT2D eigenvalue weighted by Crippen LogP contribution is -2.40. The second-order valence-corrected chi connectivity index (χ2v) is 5.63. The topological polar surface area (TPSA) is 90.8 Å². The highest BCUT2D eigenvalue weighted by molar-refractivity contribution is 5.91. The van der Waals surface area contributed by atoms with Crippen LogP contribution in [0, 0.1) is 0 Å². The lowest BCUT2D eigenvalue weighted by Gasteiger charge is -2.31. The first-order valence-electron chi connectivity index (χ1n) is 8.01. The van der Waals surface area contributed by atoms with Crippen molar-refractivity contribution >= 4 is 5.91 Å². The number of rotatable bonds is 7. The summed E-state index contributed by atoms with van der Waals surface area (Å²) in [7, 11) is 1.63. The molecule has 0 aromatic carbocycles. The van der Waals surface area contributed by atoms with Crippen LogP contribution in [0.4, 0.5) is 0 Å². The van der Waals surface area contributed by atoms with Crippen LogP contribution in [-0.2, 0) is 22.5 Å². The van der Waals surface area contributed by atoms with Crippen LogP contribution in [0.25, 0.3) is 0 Å². The zero-order valence-corrected chi connectivity index (χ0v) is 13.6. The maximum atomic E-state index is 12.2. The largest absolute Gasteiger partial charge is 0.459 e. The monoisotopic (exact) mass is 335 g/mol. The van der Waals surface area contributed by atoms with Crippen molar-refractivity contribution in [3.63, 3.8) is 0 Å². The van der Waals surface area contributed by atoms with Gasteiger partial charge in [-0.1, -0.05) is 5.16 Å². The molecule has 3 rings (SSSR count). The fraction of sp³-hybridized carbons (Fsp3) is 0.562. The highest BCUT2D eigenvalue weighted by atomic mass is 16.5. The van der Waals surface area contributed by atoms with E-state index in [1.807, 2.05) is 0 Å². The van der Waals surface area contributed by atoms with Crippen molar-refractivity contribution in [2.75, 3.05) is 26.8 Å². The molecular weight excluding hydrogens is 314 g/mol. The molecule has 0 bridgehead atoms. The van der Waals surface area contributed by atoms with Crippen molar-refractivity contribution in [2.45, 2.75) is 32.0 Å². The first-order valence-corrected chi connectivity index (χ1v) is 8.01. The standard InChI is InChI=1S/C16H21N3O5/c1-21-10-6-14-17-15(24-18-14)11-23-12-4-7-19(8-5-12)16(20)13-3-2-9-22-13/h2-3,9,12H,4-8,10-11H2,1H3. The van der Waals surface area contributed by atoms with Gasteiger partial charge in [0.2, 0.25) is 0 Å². The molecule has 24 heavy (non-hydrogen) atoms. The van der Waals surface area contributed by atoms with E-state index in [2.05, 4.69) is 10.1 Å². The molecule has 2 aromatic heterocycles. The summed E-state index contributed by atoms with van der Waals surface area (Å²) in [5.41, 5.74) is 0. The Morgan fingerprint density at radius 3 is 2.96 bits per heavy atom. The number of piperidine rings is 1. The van der Waals surface area contributed by atoms with Gasteiger partial charge in [0.25, 0.3) is 11.8 Å². The predicted molar refractivity (Wildman–Crippen MR) is 82.3 cm³/mol. The summed E-state index contributed by atoms with van der Waals surface area (Å²) < 4.78 is 21.1. The Bertz CT molecular complexity index is 632. The van der Waals surface area contributed by atoms with Gasteiger partial charge in [0.05, 0.1) is 19.0 Å². The van der Waals surface area contributed by atoms with Crippen LogP contribution < -0.4 is 0 Å². The molecule has 1 aliphatic heterocycles. The number of methoxy groups -OCH3 is 1. The molecule has 8 heteroatoms. The smallest absolute Gasteiger partial charge is 0.289 e. The van der Waals surface area contributed by atoms with E-state index in [9.17, 15) is 4.79 Å². The third-order valence-electron chi connectivity index (χ3n) is 3.94. The second-order valence-electron chi connectivity index (χ2n) is 5.63. The zero-order valence-electron chi connectivity index (χ0n) is 13.6. The van der Waals surface area contributed by atoms with Crippen LogP contribution in [0.5, 0.6) is 0 Å². The average Bonchev–Trinajstić information content (AvgIpc) is 3.30. The Morgan fingerprint density at radius 1 is 1.42 bits per heavy atom. The number of ether oxygens (including phenoxy) is 2. The molecule has 3 heterocycles. The number of nitrogens with zero attached hydrogens (tertiary/aromatic N) is 3. The molecule has 0 saturated carbocycles. The van der Waals surface area contributed by atoms with Gasteiger partial charge in [-0.25, -0.2) is 0 Å². The van der Waals surface area contributed by atoms with Crippen LogP contribution in [-0.4, -0.2) is 53.9 Å². The van der Waals surface area contributed by atoms with Crippen molar-refractivity contribution in [3.8, 4) is 0 Å². The summed E-state index contributed by atoms with van der Waals surface area (Å²) in [5.74, 6) is 1.39. The highest BCUT2D eigenvalue weighted by Crippen LogP contribution is 2.17. The first kappa shape index (κ1) is 16.7. The summed E-state index contributed by atoms with van der Waals surface area (Å²) in [6.45, 7) is 2.14. The highest BCUT2D eigenvalue weighted by Gasteiger charge is 2.25. The van der Waals surface area contributed by atoms with Crippen molar-refractivity contribution < 1.29 is 23.2 Å². The Morgan fingerprint density at radius 2 is 2.25 bits per heavy atom. The molecule has 1 aliphatic rings. The number of hydrogen-bond acceptors (Lipinski definition) is 7. The number of hydrogen-bond donors (Lipinski definition) is 0. The molecule has 1 amide bonds. The number of furan rings is 1. The first-order chi connectivity index (χ1) is 11.8. The third kappa shape index (κ3) is 4.21. The third-order valence-corrected chi connectivity index (χ3v) is 3.94. The van der Waals surface area contributed by atoms with Gasteiger partial charge in [-0.3, -0.25) is 4.79 Å². The van der Waals surface area contributed by atoms with E-state index in [0.29, 0.717) is 43.6 Å². The average molecular weight is 335 g/mol. The maximum absolute atomic E-state index is 12.2.